The van der Waals surface area contributed by atoms with Crippen molar-refractivity contribution in [3.63, 3.8) is 0 Å². The smallest absolute Gasteiger partial charge is 0.242 e. The van der Waals surface area contributed by atoms with Crippen molar-refractivity contribution in [2.45, 2.75) is 77.3 Å². The fourth-order valence-corrected chi connectivity index (χ4v) is 7.89. The number of benzene rings is 1. The van der Waals surface area contributed by atoms with Crippen LogP contribution in [0.15, 0.2) is 12.1 Å². The van der Waals surface area contributed by atoms with Gasteiger partial charge in [0.2, 0.25) is 11.8 Å². The Morgan fingerprint density at radius 2 is 1.14 bits per heavy atom. The second-order valence-electron chi connectivity index (χ2n) is 10.5. The molecule has 0 aliphatic heterocycles. The molecule has 194 valence electrons. The first kappa shape index (κ1) is 25.5. The van der Waals surface area contributed by atoms with E-state index >= 15 is 0 Å². The quantitative estimate of drug-likeness (QED) is 0.481. The normalized spacial score (nSPS) is 24.8. The number of thiazole rings is 2. The maximum Gasteiger partial charge on any atom is 0.242 e. The molecule has 4 N–H and O–H groups in total. The van der Waals surface area contributed by atoms with Crippen LogP contribution in [0.1, 0.15) is 65.2 Å². The van der Waals surface area contributed by atoms with E-state index in [-0.39, 0.29) is 37.0 Å². The Kier molecular flexibility index (Phi) is 7.57. The van der Waals surface area contributed by atoms with E-state index in [1.165, 1.54) is 22.7 Å². The van der Waals surface area contributed by atoms with E-state index < -0.39 is 0 Å². The van der Waals surface area contributed by atoms with Gasteiger partial charge < -0.3 is 11.5 Å². The minimum Gasteiger partial charge on any atom is -0.322 e. The number of aromatic nitrogens is 2. The van der Waals surface area contributed by atoms with Crippen LogP contribution < -0.4 is 21.3 Å². The third kappa shape index (κ3) is 5.01. The van der Waals surface area contributed by atoms with Gasteiger partial charge in [-0.05, 0) is 75.3 Å². The van der Waals surface area contributed by atoms with E-state index in [1.54, 1.807) is 0 Å². The van der Waals surface area contributed by atoms with E-state index in [9.17, 15) is 9.59 Å². The number of hydrogen-bond acceptors (Lipinski definition) is 8. The molecule has 0 atom stereocenters. The van der Waals surface area contributed by atoms with Gasteiger partial charge >= 0.3 is 0 Å². The molecule has 3 aromatic rings. The fraction of sp³-hybridized carbons (Fsp3) is 0.615. The van der Waals surface area contributed by atoms with Crippen LogP contribution in [0.25, 0.3) is 20.4 Å². The van der Waals surface area contributed by atoms with Crippen molar-refractivity contribution in [3.8, 4) is 0 Å². The van der Waals surface area contributed by atoms with Crippen molar-refractivity contribution in [1.29, 1.82) is 0 Å². The van der Waals surface area contributed by atoms with Gasteiger partial charge in [0.25, 0.3) is 0 Å². The summed E-state index contributed by atoms with van der Waals surface area (Å²) in [6, 6.07) is 4.37. The fourth-order valence-electron chi connectivity index (χ4n) is 5.66. The standard InChI is InChI=1S/C26H36N6O2S2/c1-15-3-7-17(8-4-15)31(23(33)13-27)25-29-19-11-20-22(12-21(19)35-25)36-26(30-20)32(24(34)14-28)18-9-5-16(2)6-10-18/h11-12,15-18H,3-10,13-14,27-28H2,1-2H3. The Bertz CT molecular complexity index is 1100. The molecule has 0 unspecified atom stereocenters. The molecule has 0 bridgehead atoms. The summed E-state index contributed by atoms with van der Waals surface area (Å²) < 4.78 is 2.02. The van der Waals surface area contributed by atoms with Crippen molar-refractivity contribution in [3.05, 3.63) is 12.1 Å². The number of hydrogen-bond donors (Lipinski definition) is 2. The summed E-state index contributed by atoms with van der Waals surface area (Å²) in [5.74, 6) is 1.24. The highest BCUT2D eigenvalue weighted by Gasteiger charge is 2.32. The lowest BCUT2D eigenvalue weighted by molar-refractivity contribution is -0.118. The van der Waals surface area contributed by atoms with E-state index in [2.05, 4.69) is 19.9 Å². The van der Waals surface area contributed by atoms with E-state index in [1.807, 2.05) is 15.9 Å². The second kappa shape index (κ2) is 10.7. The number of fused-ring (bicyclic) bond motifs is 2. The molecule has 0 saturated heterocycles. The van der Waals surface area contributed by atoms with Crippen LogP contribution in [-0.2, 0) is 9.59 Å². The van der Waals surface area contributed by atoms with E-state index in [4.69, 9.17) is 21.4 Å². The molecule has 36 heavy (non-hydrogen) atoms. The summed E-state index contributed by atoms with van der Waals surface area (Å²) in [4.78, 5) is 39.1. The van der Waals surface area contributed by atoms with Gasteiger partial charge in [-0.25, -0.2) is 9.97 Å². The third-order valence-electron chi connectivity index (χ3n) is 7.88. The zero-order chi connectivity index (χ0) is 25.4. The molecular formula is C26H36N6O2S2. The van der Waals surface area contributed by atoms with Gasteiger partial charge in [-0.15, -0.1) is 0 Å². The van der Waals surface area contributed by atoms with Gasteiger partial charge in [0.15, 0.2) is 10.3 Å². The lowest BCUT2D eigenvalue weighted by Gasteiger charge is -2.34. The molecule has 2 fully saturated rings. The van der Waals surface area contributed by atoms with Crippen LogP contribution in [0.3, 0.4) is 0 Å². The minimum atomic E-state index is -0.0754. The molecule has 2 aromatic heterocycles. The monoisotopic (exact) mass is 528 g/mol. The lowest BCUT2D eigenvalue weighted by atomic mass is 9.86. The van der Waals surface area contributed by atoms with Gasteiger partial charge in [-0.2, -0.15) is 0 Å². The van der Waals surface area contributed by atoms with Crippen molar-refractivity contribution < 1.29 is 9.59 Å². The number of amides is 2. The Balaban J connectivity index is 1.47. The minimum absolute atomic E-state index is 0.0209. The predicted molar refractivity (Wildman–Crippen MR) is 149 cm³/mol. The highest BCUT2D eigenvalue weighted by molar-refractivity contribution is 7.24. The van der Waals surface area contributed by atoms with Gasteiger partial charge in [-0.3, -0.25) is 19.4 Å². The summed E-state index contributed by atoms with van der Waals surface area (Å²) in [6.07, 6.45) is 8.38. The van der Waals surface area contributed by atoms with Crippen molar-refractivity contribution in [2.75, 3.05) is 22.9 Å². The summed E-state index contributed by atoms with van der Waals surface area (Å²) >= 11 is 3.06. The maximum atomic E-state index is 12.8. The molecule has 10 heteroatoms. The molecule has 1 aromatic carbocycles. The van der Waals surface area contributed by atoms with Crippen LogP contribution in [0, 0.1) is 11.8 Å². The number of carbonyl (C=O) groups excluding carboxylic acids is 2. The number of anilines is 2. The van der Waals surface area contributed by atoms with Gasteiger partial charge in [0.1, 0.15) is 0 Å². The number of carbonyl (C=O) groups is 2. The topological polar surface area (TPSA) is 118 Å². The Morgan fingerprint density at radius 1 is 0.750 bits per heavy atom. The van der Waals surface area contributed by atoms with E-state index in [0.29, 0.717) is 22.1 Å². The average Bonchev–Trinajstić information content (AvgIpc) is 3.47. The maximum absolute atomic E-state index is 12.8. The average molecular weight is 529 g/mol. The molecular weight excluding hydrogens is 492 g/mol. The molecule has 2 amide bonds. The summed E-state index contributed by atoms with van der Waals surface area (Å²) in [6.45, 7) is 4.50. The van der Waals surface area contributed by atoms with Gasteiger partial charge in [0.05, 0.1) is 33.5 Å². The Hall–Kier alpha value is -2.14. The number of nitrogens with zero attached hydrogens (tertiary/aromatic N) is 4. The molecule has 8 nitrogen and oxygen atoms in total. The van der Waals surface area contributed by atoms with Gasteiger partial charge in [-0.1, -0.05) is 36.5 Å². The predicted octanol–water partition coefficient (Wildman–Crippen LogP) is 4.65. The second-order valence-corrected chi connectivity index (χ2v) is 12.6. The third-order valence-corrected chi connectivity index (χ3v) is 9.91. The van der Waals surface area contributed by atoms with Crippen molar-refractivity contribution >= 4 is 65.2 Å². The Morgan fingerprint density at radius 3 is 1.50 bits per heavy atom. The first-order valence-corrected chi connectivity index (χ1v) is 14.8. The summed E-state index contributed by atoms with van der Waals surface area (Å²) in [5, 5.41) is 1.43. The van der Waals surface area contributed by atoms with Gasteiger partial charge in [0, 0.05) is 12.1 Å². The molecule has 2 aliphatic carbocycles. The molecule has 2 heterocycles. The van der Waals surface area contributed by atoms with Crippen LogP contribution in [0.2, 0.25) is 0 Å². The zero-order valence-corrected chi connectivity index (χ0v) is 22.7. The van der Waals surface area contributed by atoms with Crippen LogP contribution in [0.4, 0.5) is 10.3 Å². The highest BCUT2D eigenvalue weighted by Crippen LogP contribution is 2.40. The molecule has 5 rings (SSSR count). The molecule has 0 spiro atoms. The molecule has 2 aliphatic rings. The molecule has 2 saturated carbocycles. The van der Waals surface area contributed by atoms with Crippen LogP contribution >= 0.6 is 22.7 Å². The number of nitrogens with two attached hydrogens (primary N) is 2. The Labute approximate surface area is 220 Å². The van der Waals surface area contributed by atoms with Crippen molar-refractivity contribution in [2.24, 2.45) is 23.3 Å². The van der Waals surface area contributed by atoms with E-state index in [0.717, 1.165) is 71.8 Å². The van der Waals surface area contributed by atoms with Crippen LogP contribution in [-0.4, -0.2) is 47.0 Å². The first-order chi connectivity index (χ1) is 17.4. The van der Waals surface area contributed by atoms with Crippen molar-refractivity contribution in [1.82, 2.24) is 9.97 Å². The SMILES string of the molecule is CC1CCC(N(C(=O)CN)c2nc3cc4nc(N(C(=O)CN)C5CCC(C)CC5)sc4cc3s2)CC1. The lowest BCUT2D eigenvalue weighted by Crippen LogP contribution is -2.45. The van der Waals surface area contributed by atoms with Crippen LogP contribution in [0.5, 0.6) is 0 Å². The largest absolute Gasteiger partial charge is 0.322 e. The number of rotatable bonds is 6. The molecule has 0 radical (unpaired) electrons. The highest BCUT2D eigenvalue weighted by atomic mass is 32.1. The zero-order valence-electron chi connectivity index (χ0n) is 21.1. The summed E-state index contributed by atoms with van der Waals surface area (Å²) in [5.41, 5.74) is 13.2. The first-order valence-electron chi connectivity index (χ1n) is 13.1. The summed E-state index contributed by atoms with van der Waals surface area (Å²) in [7, 11) is 0.